The highest BCUT2D eigenvalue weighted by Crippen LogP contribution is 2.36. The maximum Gasteiger partial charge on any atom is 0.184 e. The molecule has 0 amide bonds. The molecule has 2 aromatic rings. The van der Waals surface area contributed by atoms with Crippen molar-refractivity contribution in [1.29, 1.82) is 0 Å². The van der Waals surface area contributed by atoms with Gasteiger partial charge in [0.05, 0.1) is 12.8 Å². The number of hydrogen-bond donors (Lipinski definition) is 0. The van der Waals surface area contributed by atoms with Crippen molar-refractivity contribution < 1.29 is 9.13 Å². The van der Waals surface area contributed by atoms with Crippen molar-refractivity contribution in [1.82, 2.24) is 4.98 Å². The second-order valence-electron chi connectivity index (χ2n) is 5.83. The van der Waals surface area contributed by atoms with Gasteiger partial charge >= 0.3 is 0 Å². The van der Waals surface area contributed by atoms with E-state index >= 15 is 0 Å². The summed E-state index contributed by atoms with van der Waals surface area (Å²) in [5.74, 6) is -0.164. The van der Waals surface area contributed by atoms with E-state index in [1.165, 1.54) is 24.5 Å². The van der Waals surface area contributed by atoms with E-state index < -0.39 is 0 Å². The van der Waals surface area contributed by atoms with Crippen molar-refractivity contribution in [2.45, 2.75) is 27.2 Å². The smallest absolute Gasteiger partial charge is 0.184 e. The average molecular weight is 314 g/mol. The normalized spacial score (nSPS) is 11.7. The van der Waals surface area contributed by atoms with Gasteiger partial charge in [-0.3, -0.25) is 0 Å². The van der Waals surface area contributed by atoms with Crippen LogP contribution < -0.4 is 4.74 Å². The minimum atomic E-state index is -0.380. The van der Waals surface area contributed by atoms with Crippen LogP contribution in [0.25, 0.3) is 11.3 Å². The van der Waals surface area contributed by atoms with Crippen LogP contribution in [-0.4, -0.2) is 12.1 Å². The molecule has 0 aliphatic carbocycles. The van der Waals surface area contributed by atoms with Crippen molar-refractivity contribution in [3.05, 3.63) is 33.4 Å². The molecule has 0 saturated heterocycles. The Labute approximate surface area is 127 Å². The molecule has 0 bridgehead atoms. The molecule has 0 N–H and O–H groups in total. The summed E-state index contributed by atoms with van der Waals surface area (Å²) in [6, 6.07) is 4.75. The van der Waals surface area contributed by atoms with Gasteiger partial charge in [0, 0.05) is 10.4 Å². The molecule has 0 aliphatic heterocycles. The minimum absolute atomic E-state index is 0.134. The molecule has 2 nitrogen and oxygen atoms in total. The zero-order chi connectivity index (χ0) is 14.9. The van der Waals surface area contributed by atoms with Gasteiger partial charge in [0.1, 0.15) is 0 Å². The van der Waals surface area contributed by atoms with Gasteiger partial charge in [0.25, 0.3) is 0 Å². The fraction of sp³-hybridized carbons (Fsp3) is 0.400. The summed E-state index contributed by atoms with van der Waals surface area (Å²) in [6.45, 7) is 6.49. The zero-order valence-electron chi connectivity index (χ0n) is 12.0. The second-order valence-corrected chi connectivity index (χ2v) is 7.49. The molecule has 108 valence electrons. The van der Waals surface area contributed by atoms with Gasteiger partial charge in [0.15, 0.2) is 16.0 Å². The molecule has 0 radical (unpaired) electrons. The number of benzene rings is 1. The van der Waals surface area contributed by atoms with E-state index in [4.69, 9.17) is 16.3 Å². The lowest BCUT2D eigenvalue weighted by molar-refractivity contribution is 0.386. The lowest BCUT2D eigenvalue weighted by atomic mass is 9.90. The SMILES string of the molecule is COc1cc(-c2nc(Cl)sc2CC(C)(C)C)ccc1F. The third kappa shape index (κ3) is 3.49. The predicted octanol–water partition coefficient (Wildman–Crippen LogP) is 5.20. The third-order valence-electron chi connectivity index (χ3n) is 2.79. The molecule has 0 atom stereocenters. The molecule has 0 aliphatic rings. The Bertz CT molecular complexity index is 619. The molecular weight excluding hydrogens is 297 g/mol. The highest BCUT2D eigenvalue weighted by atomic mass is 35.5. The maximum atomic E-state index is 13.5. The van der Waals surface area contributed by atoms with Gasteiger partial charge in [0.2, 0.25) is 0 Å². The molecular formula is C15H17ClFNOS. The highest BCUT2D eigenvalue weighted by molar-refractivity contribution is 7.16. The van der Waals surface area contributed by atoms with Crippen LogP contribution in [-0.2, 0) is 6.42 Å². The van der Waals surface area contributed by atoms with Crippen LogP contribution >= 0.6 is 22.9 Å². The van der Waals surface area contributed by atoms with Crippen molar-refractivity contribution in [3.8, 4) is 17.0 Å². The van der Waals surface area contributed by atoms with Crippen LogP contribution in [0.15, 0.2) is 18.2 Å². The fourth-order valence-corrected chi connectivity index (χ4v) is 3.43. The molecule has 0 saturated carbocycles. The number of aromatic nitrogens is 1. The van der Waals surface area contributed by atoms with Crippen LogP contribution in [0.3, 0.4) is 0 Å². The van der Waals surface area contributed by atoms with Gasteiger partial charge in [-0.2, -0.15) is 0 Å². The highest BCUT2D eigenvalue weighted by Gasteiger charge is 2.19. The number of rotatable bonds is 3. The van der Waals surface area contributed by atoms with Crippen LogP contribution in [0.2, 0.25) is 4.47 Å². The van der Waals surface area contributed by atoms with Gasteiger partial charge in [-0.25, -0.2) is 9.37 Å². The predicted molar refractivity (Wildman–Crippen MR) is 82.2 cm³/mol. The number of ether oxygens (including phenoxy) is 1. The topological polar surface area (TPSA) is 22.1 Å². The Morgan fingerprint density at radius 3 is 2.65 bits per heavy atom. The molecule has 1 aromatic carbocycles. The summed E-state index contributed by atoms with van der Waals surface area (Å²) in [5, 5.41) is 0. The Morgan fingerprint density at radius 1 is 1.35 bits per heavy atom. The van der Waals surface area contributed by atoms with E-state index in [2.05, 4.69) is 25.8 Å². The van der Waals surface area contributed by atoms with Crippen molar-refractivity contribution >= 4 is 22.9 Å². The van der Waals surface area contributed by atoms with Gasteiger partial charge in [-0.1, -0.05) is 32.4 Å². The Morgan fingerprint density at radius 2 is 2.05 bits per heavy atom. The minimum Gasteiger partial charge on any atom is -0.494 e. The first-order valence-electron chi connectivity index (χ1n) is 6.29. The fourth-order valence-electron chi connectivity index (χ4n) is 1.96. The van der Waals surface area contributed by atoms with E-state index in [9.17, 15) is 4.39 Å². The maximum absolute atomic E-state index is 13.5. The quantitative estimate of drug-likeness (QED) is 0.777. The van der Waals surface area contributed by atoms with E-state index in [-0.39, 0.29) is 17.0 Å². The Hall–Kier alpha value is -1.13. The summed E-state index contributed by atoms with van der Waals surface area (Å²) < 4.78 is 19.0. The monoisotopic (exact) mass is 313 g/mol. The van der Waals surface area contributed by atoms with Gasteiger partial charge < -0.3 is 4.74 Å². The molecule has 2 rings (SSSR count). The largest absolute Gasteiger partial charge is 0.494 e. The summed E-state index contributed by atoms with van der Waals surface area (Å²) in [4.78, 5) is 5.48. The van der Waals surface area contributed by atoms with Crippen molar-refractivity contribution in [2.24, 2.45) is 5.41 Å². The first-order chi connectivity index (χ1) is 9.30. The van der Waals surface area contributed by atoms with Crippen LogP contribution in [0, 0.1) is 11.2 Å². The lowest BCUT2D eigenvalue weighted by Gasteiger charge is -2.17. The number of nitrogens with zero attached hydrogens (tertiary/aromatic N) is 1. The average Bonchev–Trinajstić information content (AvgIpc) is 2.68. The van der Waals surface area contributed by atoms with Crippen LogP contribution in [0.1, 0.15) is 25.6 Å². The Kier molecular flexibility index (Phi) is 4.35. The Balaban J connectivity index is 2.47. The third-order valence-corrected chi connectivity index (χ3v) is 3.95. The van der Waals surface area contributed by atoms with E-state index in [1.807, 2.05) is 0 Å². The van der Waals surface area contributed by atoms with Crippen molar-refractivity contribution in [3.63, 3.8) is 0 Å². The number of halogens is 2. The number of hydrogen-bond acceptors (Lipinski definition) is 3. The standard InChI is InChI=1S/C15H17ClFNOS/c1-15(2,3)8-12-13(18-14(16)20-12)9-5-6-10(17)11(7-9)19-4/h5-7H,8H2,1-4H3. The molecule has 1 heterocycles. The molecule has 0 unspecified atom stereocenters. The lowest BCUT2D eigenvalue weighted by Crippen LogP contribution is -2.08. The number of thiazole rings is 1. The molecule has 1 aromatic heterocycles. The summed E-state index contributed by atoms with van der Waals surface area (Å²) in [6.07, 6.45) is 0.867. The molecule has 20 heavy (non-hydrogen) atoms. The molecule has 5 heteroatoms. The van der Waals surface area contributed by atoms with Crippen LogP contribution in [0.5, 0.6) is 5.75 Å². The van der Waals surface area contributed by atoms with Gasteiger partial charge in [-0.15, -0.1) is 11.3 Å². The molecule has 0 spiro atoms. The van der Waals surface area contributed by atoms with E-state index in [1.54, 1.807) is 12.1 Å². The van der Waals surface area contributed by atoms with Crippen molar-refractivity contribution in [2.75, 3.05) is 7.11 Å². The molecule has 0 fully saturated rings. The van der Waals surface area contributed by atoms with Crippen LogP contribution in [0.4, 0.5) is 4.39 Å². The van der Waals surface area contributed by atoms with E-state index in [0.717, 1.165) is 22.6 Å². The van der Waals surface area contributed by atoms with E-state index in [0.29, 0.717) is 4.47 Å². The summed E-state index contributed by atoms with van der Waals surface area (Å²) >= 11 is 7.52. The zero-order valence-corrected chi connectivity index (χ0v) is 13.5. The number of methoxy groups -OCH3 is 1. The first kappa shape index (κ1) is 15.3. The second kappa shape index (κ2) is 5.70. The van der Waals surface area contributed by atoms with Gasteiger partial charge in [-0.05, 0) is 30.0 Å². The summed E-state index contributed by atoms with van der Waals surface area (Å²) in [7, 11) is 1.45. The first-order valence-corrected chi connectivity index (χ1v) is 7.49. The summed E-state index contributed by atoms with van der Waals surface area (Å²) in [5.41, 5.74) is 1.77.